The number of hydrogen-bond acceptors (Lipinski definition) is 5. The van der Waals surface area contributed by atoms with Crippen LogP contribution in [-0.2, 0) is 16.0 Å². The lowest BCUT2D eigenvalue weighted by molar-refractivity contribution is -0.118. The van der Waals surface area contributed by atoms with Gasteiger partial charge in [-0.15, -0.1) is 11.6 Å². The Morgan fingerprint density at radius 2 is 2.12 bits per heavy atom. The van der Waals surface area contributed by atoms with Crippen molar-refractivity contribution in [3.05, 3.63) is 23.8 Å². The minimum absolute atomic E-state index is 0.152. The van der Waals surface area contributed by atoms with E-state index < -0.39 is 17.8 Å². The molecule has 0 aliphatic carbocycles. The van der Waals surface area contributed by atoms with E-state index in [2.05, 4.69) is 5.32 Å². The van der Waals surface area contributed by atoms with Gasteiger partial charge in [0.1, 0.15) is 5.60 Å². The molecule has 7 heteroatoms. The Balaban J connectivity index is 2.20. The monoisotopic (exact) mass is 354 g/mol. The van der Waals surface area contributed by atoms with Crippen LogP contribution >= 0.6 is 11.6 Å². The predicted molar refractivity (Wildman–Crippen MR) is 93.7 cm³/mol. The number of carbonyl (C=O) groups is 2. The van der Waals surface area contributed by atoms with E-state index in [9.17, 15) is 14.7 Å². The maximum atomic E-state index is 12.3. The van der Waals surface area contributed by atoms with Crippen LogP contribution in [0.1, 0.15) is 32.8 Å². The number of imide groups is 1. The number of aliphatic hydroxyl groups excluding tert-OH is 1. The molecular formula is C17H23ClN2O4. The molecule has 0 aromatic heterocycles. The van der Waals surface area contributed by atoms with Crippen molar-refractivity contribution in [2.75, 3.05) is 22.6 Å². The number of rotatable bonds is 4. The third-order valence-corrected chi connectivity index (χ3v) is 3.83. The first-order valence-electron chi connectivity index (χ1n) is 7.88. The van der Waals surface area contributed by atoms with E-state index in [1.165, 1.54) is 0 Å². The van der Waals surface area contributed by atoms with Crippen LogP contribution in [0.3, 0.4) is 0 Å². The van der Waals surface area contributed by atoms with Crippen molar-refractivity contribution in [2.24, 2.45) is 0 Å². The van der Waals surface area contributed by atoms with E-state index in [1.807, 2.05) is 6.07 Å². The summed E-state index contributed by atoms with van der Waals surface area (Å²) in [6.45, 7) is 5.61. The van der Waals surface area contributed by atoms with Crippen molar-refractivity contribution in [3.63, 3.8) is 0 Å². The molecule has 1 unspecified atom stereocenters. The van der Waals surface area contributed by atoms with Crippen LogP contribution in [0.5, 0.6) is 0 Å². The highest BCUT2D eigenvalue weighted by Gasteiger charge is 2.33. The number of nitrogens with one attached hydrogen (secondary N) is 1. The Hall–Kier alpha value is -1.79. The van der Waals surface area contributed by atoms with Gasteiger partial charge in [-0.1, -0.05) is 0 Å². The van der Waals surface area contributed by atoms with Gasteiger partial charge in [0.15, 0.2) is 0 Å². The second-order valence-electron chi connectivity index (χ2n) is 6.74. The Labute approximate surface area is 146 Å². The lowest BCUT2D eigenvalue weighted by atomic mass is 10.0. The second kappa shape index (κ2) is 7.40. The number of nitrogens with zero attached hydrogens (tertiary/aromatic N) is 1. The number of hydrogen-bond donors (Lipinski definition) is 2. The number of amides is 2. The van der Waals surface area contributed by atoms with Gasteiger partial charge in [-0.25, -0.2) is 9.69 Å². The van der Waals surface area contributed by atoms with Crippen LogP contribution in [0.2, 0.25) is 0 Å². The molecule has 1 aliphatic heterocycles. The van der Waals surface area contributed by atoms with Crippen molar-refractivity contribution in [1.29, 1.82) is 0 Å². The highest BCUT2D eigenvalue weighted by Crippen LogP contribution is 2.31. The maximum absolute atomic E-state index is 12.3. The molecule has 1 aliphatic rings. The molecule has 0 saturated carbocycles. The summed E-state index contributed by atoms with van der Waals surface area (Å²) in [6.07, 6.45) is -0.490. The molecule has 6 nitrogen and oxygen atoms in total. The van der Waals surface area contributed by atoms with Gasteiger partial charge in [0.05, 0.1) is 17.7 Å². The molecule has 0 radical (unpaired) electrons. The molecule has 2 rings (SSSR count). The summed E-state index contributed by atoms with van der Waals surface area (Å²) in [7, 11) is 0. The average Bonchev–Trinajstić information content (AvgIpc) is 2.50. The van der Waals surface area contributed by atoms with Gasteiger partial charge in [0.2, 0.25) is 5.91 Å². The summed E-state index contributed by atoms with van der Waals surface area (Å²) in [5.41, 5.74) is 1.56. The van der Waals surface area contributed by atoms with Crippen LogP contribution in [0.15, 0.2) is 18.2 Å². The zero-order valence-electron chi connectivity index (χ0n) is 14.1. The van der Waals surface area contributed by atoms with E-state index >= 15 is 0 Å². The van der Waals surface area contributed by atoms with Gasteiger partial charge in [-0.3, -0.25) is 4.79 Å². The zero-order valence-corrected chi connectivity index (χ0v) is 14.9. The molecule has 1 heterocycles. The third kappa shape index (κ3) is 4.61. The number of aryl methyl sites for hydroxylation is 1. The number of alkyl halides is 1. The Bertz CT molecular complexity index is 628. The largest absolute Gasteiger partial charge is 0.443 e. The fourth-order valence-corrected chi connectivity index (χ4v) is 2.51. The number of halogens is 1. The van der Waals surface area contributed by atoms with Crippen LogP contribution in [0, 0.1) is 0 Å². The lowest BCUT2D eigenvalue weighted by Gasteiger charge is -2.30. The van der Waals surface area contributed by atoms with Crippen molar-refractivity contribution >= 4 is 35.0 Å². The van der Waals surface area contributed by atoms with E-state index in [1.54, 1.807) is 32.9 Å². The third-order valence-electron chi connectivity index (χ3n) is 3.47. The summed E-state index contributed by atoms with van der Waals surface area (Å²) < 4.78 is 5.33. The lowest BCUT2D eigenvalue weighted by Crippen LogP contribution is -2.43. The molecule has 0 fully saturated rings. The number of ether oxygens (including phenoxy) is 1. The van der Waals surface area contributed by atoms with Crippen molar-refractivity contribution < 1.29 is 19.4 Å². The smallest absolute Gasteiger partial charge is 0.421 e. The standard InChI is InChI=1S/C17H23ClN2O4/c1-17(2,3)24-16(23)20-14-6-5-12(19-10-13(21)9-18)8-11(14)4-7-15(20)22/h5-6,8,13,19,21H,4,7,9-10H2,1-3H3. The number of benzene rings is 1. The average molecular weight is 355 g/mol. The maximum Gasteiger partial charge on any atom is 0.421 e. The first-order valence-corrected chi connectivity index (χ1v) is 8.41. The minimum atomic E-state index is -0.672. The van der Waals surface area contributed by atoms with Crippen LogP contribution in [0.25, 0.3) is 0 Å². The first-order chi connectivity index (χ1) is 11.2. The molecule has 24 heavy (non-hydrogen) atoms. The number of aliphatic hydroxyl groups is 1. The summed E-state index contributed by atoms with van der Waals surface area (Å²) in [6, 6.07) is 5.35. The molecule has 1 aromatic rings. The van der Waals surface area contributed by atoms with E-state index in [4.69, 9.17) is 16.3 Å². The highest BCUT2D eigenvalue weighted by atomic mass is 35.5. The van der Waals surface area contributed by atoms with Gasteiger partial charge in [0.25, 0.3) is 0 Å². The summed E-state index contributed by atoms with van der Waals surface area (Å²) in [4.78, 5) is 25.6. The summed E-state index contributed by atoms with van der Waals surface area (Å²) in [5.74, 6) is -0.117. The van der Waals surface area contributed by atoms with Gasteiger partial charge in [-0.05, 0) is 51.0 Å². The fourth-order valence-electron chi connectivity index (χ4n) is 2.40. The summed E-state index contributed by atoms with van der Waals surface area (Å²) >= 11 is 5.57. The fraction of sp³-hybridized carbons (Fsp3) is 0.529. The highest BCUT2D eigenvalue weighted by molar-refractivity contribution is 6.18. The summed E-state index contributed by atoms with van der Waals surface area (Å²) in [5, 5.41) is 12.6. The second-order valence-corrected chi connectivity index (χ2v) is 7.05. The van der Waals surface area contributed by atoms with Gasteiger partial charge in [-0.2, -0.15) is 0 Å². The normalized spacial score (nSPS) is 15.7. The molecule has 2 amide bonds. The van der Waals surface area contributed by atoms with E-state index in [0.29, 0.717) is 18.7 Å². The molecule has 0 bridgehead atoms. The van der Waals surface area contributed by atoms with Crippen molar-refractivity contribution in [1.82, 2.24) is 0 Å². The van der Waals surface area contributed by atoms with Gasteiger partial charge < -0.3 is 15.2 Å². The molecule has 1 atom stereocenters. The topological polar surface area (TPSA) is 78.9 Å². The molecule has 0 saturated heterocycles. The van der Waals surface area contributed by atoms with Crippen LogP contribution < -0.4 is 10.2 Å². The Morgan fingerprint density at radius 1 is 1.42 bits per heavy atom. The Kier molecular flexibility index (Phi) is 5.72. The minimum Gasteiger partial charge on any atom is -0.443 e. The molecule has 132 valence electrons. The number of fused-ring (bicyclic) bond motifs is 1. The quantitative estimate of drug-likeness (QED) is 0.813. The molecule has 0 spiro atoms. The van der Waals surface area contributed by atoms with E-state index in [0.717, 1.165) is 16.2 Å². The number of carbonyl (C=O) groups excluding carboxylic acids is 2. The van der Waals surface area contributed by atoms with Crippen LogP contribution in [0.4, 0.5) is 16.2 Å². The molecule has 2 N–H and O–H groups in total. The predicted octanol–water partition coefficient (Wildman–Crippen LogP) is 2.91. The zero-order chi connectivity index (χ0) is 17.9. The van der Waals surface area contributed by atoms with Crippen LogP contribution in [-0.4, -0.2) is 41.2 Å². The van der Waals surface area contributed by atoms with Crippen molar-refractivity contribution in [2.45, 2.75) is 45.3 Å². The van der Waals surface area contributed by atoms with Gasteiger partial charge >= 0.3 is 6.09 Å². The van der Waals surface area contributed by atoms with E-state index in [-0.39, 0.29) is 18.2 Å². The van der Waals surface area contributed by atoms with Gasteiger partial charge in [0, 0.05) is 18.7 Å². The number of anilines is 2. The molecular weight excluding hydrogens is 332 g/mol. The SMILES string of the molecule is CC(C)(C)OC(=O)N1C(=O)CCc2cc(NCC(O)CCl)ccc21. The molecule has 1 aromatic carbocycles. The first kappa shape index (κ1) is 18.5. The Morgan fingerprint density at radius 3 is 2.75 bits per heavy atom. The van der Waals surface area contributed by atoms with Crippen molar-refractivity contribution in [3.8, 4) is 0 Å².